The van der Waals surface area contributed by atoms with Crippen LogP contribution in [0, 0.1) is 0 Å². The van der Waals surface area contributed by atoms with Crippen molar-refractivity contribution in [3.63, 3.8) is 0 Å². The number of nitrogens with one attached hydrogen (secondary N) is 2. The zero-order chi connectivity index (χ0) is 17.5. The van der Waals surface area contributed by atoms with E-state index in [1.807, 2.05) is 0 Å². The molecular weight excluding hydrogens is 313 g/mol. The average molecular weight is 332 g/mol. The smallest absolute Gasteiger partial charge is 0.441 e. The van der Waals surface area contributed by atoms with E-state index in [1.54, 1.807) is 18.3 Å². The van der Waals surface area contributed by atoms with Crippen molar-refractivity contribution < 1.29 is 27.5 Å². The molecule has 0 radical (unpaired) electrons. The maximum absolute atomic E-state index is 13.7. The normalized spacial score (nSPS) is 13.8. The van der Waals surface area contributed by atoms with Crippen LogP contribution in [0.1, 0.15) is 26.7 Å². The largest absolute Gasteiger partial charge is 0.463 e. The molecule has 1 rings (SSSR count). The number of hydrogen-bond acceptors (Lipinski definition) is 4. The molecule has 0 saturated carbocycles. The molecule has 2 N–H and O–H groups in total. The van der Waals surface area contributed by atoms with Gasteiger partial charge in [-0.3, -0.25) is 4.79 Å². The molecule has 1 aromatic carbocycles. The molecule has 0 unspecified atom stereocenters. The summed E-state index contributed by atoms with van der Waals surface area (Å²) in [5.74, 6) is -2.51. The van der Waals surface area contributed by atoms with Gasteiger partial charge in [-0.25, -0.2) is 4.79 Å². The number of alkyl halides is 3. The summed E-state index contributed by atoms with van der Waals surface area (Å²) in [5.41, 5.74) is -3.31. The number of esters is 1. The van der Waals surface area contributed by atoms with Gasteiger partial charge in [-0.15, -0.1) is 0 Å². The van der Waals surface area contributed by atoms with Gasteiger partial charge in [0.2, 0.25) is 5.91 Å². The second kappa shape index (κ2) is 7.85. The van der Waals surface area contributed by atoms with Crippen LogP contribution in [0.25, 0.3) is 0 Å². The summed E-state index contributed by atoms with van der Waals surface area (Å²) in [6.45, 7) is 2.77. The van der Waals surface area contributed by atoms with Gasteiger partial charge >= 0.3 is 17.8 Å². The lowest BCUT2D eigenvalue weighted by atomic mass is 10.1. The standard InChI is InChI=1S/C15H19F3N2O3/c1-3-8-12(21)20-14(15(16,17)18,13(22)23-4-2)19-11-9-6-5-7-10-11/h5-7,9-10,19H,3-4,8H2,1-2H3,(H,20,21)/t14-/m0/s1. The first-order chi connectivity index (χ1) is 10.8. The van der Waals surface area contributed by atoms with Crippen LogP contribution in [0.3, 0.4) is 0 Å². The molecule has 1 atom stereocenters. The Balaban J connectivity index is 3.28. The van der Waals surface area contributed by atoms with Gasteiger partial charge < -0.3 is 15.4 Å². The van der Waals surface area contributed by atoms with Gasteiger partial charge in [0.1, 0.15) is 0 Å². The maximum atomic E-state index is 13.7. The number of para-hydroxylation sites is 1. The van der Waals surface area contributed by atoms with E-state index < -0.39 is 23.7 Å². The fourth-order valence-electron chi connectivity index (χ4n) is 1.87. The Labute approximate surface area is 132 Å². The van der Waals surface area contributed by atoms with Crippen molar-refractivity contribution in [2.24, 2.45) is 0 Å². The van der Waals surface area contributed by atoms with E-state index in [0.29, 0.717) is 6.42 Å². The Hall–Kier alpha value is -2.25. The molecule has 0 aliphatic carbocycles. The van der Waals surface area contributed by atoms with E-state index in [0.717, 1.165) is 0 Å². The fourth-order valence-corrected chi connectivity index (χ4v) is 1.87. The molecular formula is C15H19F3N2O3. The van der Waals surface area contributed by atoms with E-state index in [4.69, 9.17) is 0 Å². The van der Waals surface area contributed by atoms with E-state index in [2.05, 4.69) is 10.1 Å². The molecule has 0 heterocycles. The van der Waals surface area contributed by atoms with Crippen molar-refractivity contribution in [2.45, 2.75) is 38.5 Å². The van der Waals surface area contributed by atoms with Gasteiger partial charge in [-0.05, 0) is 25.5 Å². The lowest BCUT2D eigenvalue weighted by molar-refractivity contribution is -0.207. The highest BCUT2D eigenvalue weighted by Crippen LogP contribution is 2.33. The predicted molar refractivity (Wildman–Crippen MR) is 78.5 cm³/mol. The molecule has 23 heavy (non-hydrogen) atoms. The minimum atomic E-state index is -5.10. The number of ether oxygens (including phenoxy) is 1. The molecule has 5 nitrogen and oxygen atoms in total. The van der Waals surface area contributed by atoms with Crippen molar-refractivity contribution in [1.82, 2.24) is 5.32 Å². The summed E-state index contributed by atoms with van der Waals surface area (Å²) < 4.78 is 45.5. The lowest BCUT2D eigenvalue weighted by Gasteiger charge is -2.35. The lowest BCUT2D eigenvalue weighted by Crippen LogP contribution is -2.69. The number of hydrogen-bond donors (Lipinski definition) is 2. The summed E-state index contributed by atoms with van der Waals surface area (Å²) in [5, 5.41) is 3.83. The molecule has 0 aliphatic rings. The molecule has 0 aromatic heterocycles. The zero-order valence-electron chi connectivity index (χ0n) is 12.9. The number of carbonyl (C=O) groups is 2. The van der Waals surface area contributed by atoms with E-state index in [9.17, 15) is 22.8 Å². The van der Waals surface area contributed by atoms with Gasteiger partial charge in [-0.2, -0.15) is 13.2 Å². The fraction of sp³-hybridized carbons (Fsp3) is 0.467. The van der Waals surface area contributed by atoms with Crippen LogP contribution in [-0.4, -0.2) is 30.3 Å². The van der Waals surface area contributed by atoms with Crippen LogP contribution in [0.15, 0.2) is 30.3 Å². The Morgan fingerprint density at radius 3 is 2.22 bits per heavy atom. The zero-order valence-corrected chi connectivity index (χ0v) is 12.9. The van der Waals surface area contributed by atoms with Gasteiger partial charge in [0, 0.05) is 12.1 Å². The summed E-state index contributed by atoms with van der Waals surface area (Å²) in [4.78, 5) is 23.8. The average Bonchev–Trinajstić information content (AvgIpc) is 2.46. The van der Waals surface area contributed by atoms with Gasteiger partial charge in [0.25, 0.3) is 0 Å². The number of carbonyl (C=O) groups excluding carboxylic acids is 2. The van der Waals surface area contributed by atoms with Crippen molar-refractivity contribution in [2.75, 3.05) is 11.9 Å². The van der Waals surface area contributed by atoms with Crippen LogP contribution in [-0.2, 0) is 14.3 Å². The van der Waals surface area contributed by atoms with Crippen LogP contribution < -0.4 is 10.6 Å². The first-order valence-electron chi connectivity index (χ1n) is 7.15. The summed E-state index contributed by atoms with van der Waals surface area (Å²) >= 11 is 0. The SMILES string of the molecule is CCCC(=O)N[C@@](Nc1ccccc1)(C(=O)OCC)C(F)(F)F. The van der Waals surface area contributed by atoms with E-state index in [-0.39, 0.29) is 18.7 Å². The Bertz CT molecular complexity index is 535. The summed E-state index contributed by atoms with van der Waals surface area (Å²) in [6, 6.07) is 7.32. The number of halogens is 3. The third-order valence-corrected chi connectivity index (χ3v) is 2.92. The molecule has 0 aliphatic heterocycles. The molecule has 0 fully saturated rings. The first kappa shape index (κ1) is 18.8. The maximum Gasteiger partial charge on any atom is 0.441 e. The second-order valence-corrected chi connectivity index (χ2v) is 4.76. The number of anilines is 1. The third-order valence-electron chi connectivity index (χ3n) is 2.92. The predicted octanol–water partition coefficient (Wildman–Crippen LogP) is 2.84. The molecule has 0 saturated heterocycles. The quantitative estimate of drug-likeness (QED) is 0.595. The number of rotatable bonds is 7. The minimum absolute atomic E-state index is 0.0228. The highest BCUT2D eigenvalue weighted by molar-refractivity contribution is 5.91. The molecule has 1 aromatic rings. The highest BCUT2D eigenvalue weighted by Gasteiger charge is 2.63. The van der Waals surface area contributed by atoms with Crippen molar-refractivity contribution in [3.05, 3.63) is 30.3 Å². The number of amides is 1. The minimum Gasteiger partial charge on any atom is -0.463 e. The Kier molecular flexibility index (Phi) is 6.41. The second-order valence-electron chi connectivity index (χ2n) is 4.76. The van der Waals surface area contributed by atoms with Crippen LogP contribution >= 0.6 is 0 Å². The van der Waals surface area contributed by atoms with Gasteiger partial charge in [-0.1, -0.05) is 25.1 Å². The van der Waals surface area contributed by atoms with Gasteiger partial charge in [0.05, 0.1) is 6.61 Å². The highest BCUT2D eigenvalue weighted by atomic mass is 19.4. The van der Waals surface area contributed by atoms with Gasteiger partial charge in [0.15, 0.2) is 0 Å². The first-order valence-corrected chi connectivity index (χ1v) is 7.15. The van der Waals surface area contributed by atoms with Crippen LogP contribution in [0.5, 0.6) is 0 Å². The van der Waals surface area contributed by atoms with E-state index in [1.165, 1.54) is 31.2 Å². The van der Waals surface area contributed by atoms with Crippen molar-refractivity contribution >= 4 is 17.6 Å². The third kappa shape index (κ3) is 4.61. The molecule has 128 valence electrons. The molecule has 0 spiro atoms. The number of benzene rings is 1. The molecule has 1 amide bonds. The van der Waals surface area contributed by atoms with Crippen molar-refractivity contribution in [3.8, 4) is 0 Å². The Morgan fingerprint density at radius 2 is 1.74 bits per heavy atom. The topological polar surface area (TPSA) is 67.4 Å². The monoisotopic (exact) mass is 332 g/mol. The summed E-state index contributed by atoms with van der Waals surface area (Å²) in [7, 11) is 0. The molecule has 8 heteroatoms. The summed E-state index contributed by atoms with van der Waals surface area (Å²) in [6.07, 6.45) is -4.90. The molecule has 0 bridgehead atoms. The Morgan fingerprint density at radius 1 is 1.13 bits per heavy atom. The van der Waals surface area contributed by atoms with E-state index >= 15 is 0 Å². The van der Waals surface area contributed by atoms with Crippen molar-refractivity contribution in [1.29, 1.82) is 0 Å². The van der Waals surface area contributed by atoms with Crippen LogP contribution in [0.4, 0.5) is 18.9 Å². The van der Waals surface area contributed by atoms with Crippen LogP contribution in [0.2, 0.25) is 0 Å².